The molecule has 136 valence electrons. The van der Waals surface area contributed by atoms with Crippen LogP contribution in [0.25, 0.3) is 10.9 Å². The lowest BCUT2D eigenvalue weighted by atomic mass is 9.91. The Balaban J connectivity index is 1.54. The van der Waals surface area contributed by atoms with Crippen molar-refractivity contribution in [3.8, 4) is 0 Å². The third-order valence-corrected chi connectivity index (χ3v) is 5.67. The van der Waals surface area contributed by atoms with Crippen LogP contribution in [-0.2, 0) is 6.54 Å². The molecular weight excluding hydrogens is 308 g/mol. The molecule has 1 aromatic heterocycles. The van der Waals surface area contributed by atoms with E-state index >= 15 is 0 Å². The second-order valence-electron chi connectivity index (χ2n) is 7.67. The van der Waals surface area contributed by atoms with Crippen molar-refractivity contribution >= 4 is 10.9 Å². The summed E-state index contributed by atoms with van der Waals surface area (Å²) in [6, 6.07) is 10.0. The molecule has 1 saturated heterocycles. The number of fused-ring (bicyclic) bond motifs is 1. The van der Waals surface area contributed by atoms with Crippen molar-refractivity contribution < 1.29 is 0 Å². The van der Waals surface area contributed by atoms with Crippen LogP contribution in [0.4, 0.5) is 0 Å². The van der Waals surface area contributed by atoms with E-state index in [-0.39, 0.29) is 5.56 Å². The van der Waals surface area contributed by atoms with E-state index in [1.54, 1.807) is 6.07 Å². The van der Waals surface area contributed by atoms with Gasteiger partial charge in [0, 0.05) is 12.6 Å². The van der Waals surface area contributed by atoms with Crippen LogP contribution in [0.3, 0.4) is 0 Å². The fourth-order valence-electron chi connectivity index (χ4n) is 4.10. The van der Waals surface area contributed by atoms with Crippen LogP contribution in [0.15, 0.2) is 35.1 Å². The molecule has 0 unspecified atom stereocenters. The number of piperidine rings is 1. The average Bonchev–Trinajstić information content (AvgIpc) is 2.63. The molecule has 2 heterocycles. The lowest BCUT2D eigenvalue weighted by Crippen LogP contribution is -2.35. The van der Waals surface area contributed by atoms with Gasteiger partial charge in [-0.15, -0.1) is 0 Å². The van der Waals surface area contributed by atoms with Crippen molar-refractivity contribution in [1.29, 1.82) is 0 Å². The second kappa shape index (κ2) is 8.66. The molecule has 1 aliphatic heterocycles. The molecule has 0 N–H and O–H groups in total. The first kappa shape index (κ1) is 18.2. The molecule has 2 aromatic rings. The van der Waals surface area contributed by atoms with Crippen molar-refractivity contribution in [3.05, 3.63) is 46.2 Å². The Morgan fingerprint density at radius 3 is 2.60 bits per heavy atom. The molecule has 1 aliphatic rings. The van der Waals surface area contributed by atoms with Gasteiger partial charge in [0.25, 0.3) is 5.56 Å². The molecule has 3 heteroatoms. The van der Waals surface area contributed by atoms with Gasteiger partial charge in [-0.25, -0.2) is 0 Å². The predicted molar refractivity (Wildman–Crippen MR) is 106 cm³/mol. The summed E-state index contributed by atoms with van der Waals surface area (Å²) in [7, 11) is 0. The molecule has 0 radical (unpaired) electrons. The van der Waals surface area contributed by atoms with Crippen molar-refractivity contribution in [2.45, 2.75) is 58.9 Å². The smallest absolute Gasteiger partial charge is 0.251 e. The van der Waals surface area contributed by atoms with Gasteiger partial charge in [0.05, 0.1) is 5.52 Å². The van der Waals surface area contributed by atoms with E-state index in [9.17, 15) is 4.79 Å². The average molecular weight is 341 g/mol. The number of hydrogen-bond acceptors (Lipinski definition) is 2. The number of unbranched alkanes of at least 4 members (excludes halogenated alkanes) is 1. The monoisotopic (exact) mass is 340 g/mol. The van der Waals surface area contributed by atoms with Crippen molar-refractivity contribution in [3.63, 3.8) is 0 Å². The summed E-state index contributed by atoms with van der Waals surface area (Å²) in [4.78, 5) is 14.9. The first-order valence-electron chi connectivity index (χ1n) is 10.00. The molecule has 1 aromatic carbocycles. The predicted octanol–water partition coefficient (Wildman–Crippen LogP) is 4.60. The van der Waals surface area contributed by atoms with Gasteiger partial charge in [-0.3, -0.25) is 4.79 Å². The van der Waals surface area contributed by atoms with E-state index in [1.165, 1.54) is 50.8 Å². The Bertz CT molecular complexity index is 741. The maximum absolute atomic E-state index is 12.3. The molecule has 25 heavy (non-hydrogen) atoms. The number of aryl methyl sites for hydroxylation is 2. The van der Waals surface area contributed by atoms with E-state index in [0.717, 1.165) is 36.3 Å². The molecule has 0 atom stereocenters. The Morgan fingerprint density at radius 2 is 1.84 bits per heavy atom. The standard InChI is InChI=1S/C22H32N2O/c1-3-4-6-19-11-15-23(16-12-19)13-5-14-24-21-9-7-18(2)17-20(21)8-10-22(24)25/h7-10,17,19H,3-6,11-16H2,1-2H3. The molecule has 0 bridgehead atoms. The highest BCUT2D eigenvalue weighted by Gasteiger charge is 2.18. The highest BCUT2D eigenvalue weighted by Crippen LogP contribution is 2.22. The van der Waals surface area contributed by atoms with Crippen LogP contribution in [0.5, 0.6) is 0 Å². The summed E-state index contributed by atoms with van der Waals surface area (Å²) in [6.45, 7) is 8.77. The number of benzene rings is 1. The normalized spacial score (nSPS) is 16.6. The number of pyridine rings is 1. The molecular formula is C22H32N2O. The molecule has 0 spiro atoms. The lowest BCUT2D eigenvalue weighted by Gasteiger charge is -2.32. The van der Waals surface area contributed by atoms with Crippen molar-refractivity contribution in [2.75, 3.05) is 19.6 Å². The van der Waals surface area contributed by atoms with Gasteiger partial charge in [-0.05, 0) is 75.3 Å². The SMILES string of the molecule is CCCCC1CCN(CCCn2c(=O)ccc3cc(C)ccc32)CC1. The first-order chi connectivity index (χ1) is 12.2. The van der Waals surface area contributed by atoms with E-state index in [2.05, 4.69) is 36.9 Å². The van der Waals surface area contributed by atoms with Crippen LogP contribution in [0.2, 0.25) is 0 Å². The summed E-state index contributed by atoms with van der Waals surface area (Å²) in [6.07, 6.45) is 7.87. The third-order valence-electron chi connectivity index (χ3n) is 5.67. The number of likely N-dealkylation sites (tertiary alicyclic amines) is 1. The van der Waals surface area contributed by atoms with Crippen LogP contribution in [0, 0.1) is 12.8 Å². The Hall–Kier alpha value is -1.61. The fourth-order valence-corrected chi connectivity index (χ4v) is 4.10. The van der Waals surface area contributed by atoms with Crippen LogP contribution in [0.1, 0.15) is 51.0 Å². The lowest BCUT2D eigenvalue weighted by molar-refractivity contribution is 0.174. The molecule has 0 aliphatic carbocycles. The molecule has 1 fully saturated rings. The van der Waals surface area contributed by atoms with Crippen LogP contribution < -0.4 is 5.56 Å². The van der Waals surface area contributed by atoms with Gasteiger partial charge in [0.15, 0.2) is 0 Å². The maximum Gasteiger partial charge on any atom is 0.251 e. The maximum atomic E-state index is 12.3. The van der Waals surface area contributed by atoms with Gasteiger partial charge in [0.1, 0.15) is 0 Å². The second-order valence-corrected chi connectivity index (χ2v) is 7.67. The number of hydrogen-bond donors (Lipinski definition) is 0. The number of rotatable bonds is 7. The summed E-state index contributed by atoms with van der Waals surface area (Å²) in [5.41, 5.74) is 2.43. The van der Waals surface area contributed by atoms with Crippen LogP contribution >= 0.6 is 0 Å². The largest absolute Gasteiger partial charge is 0.308 e. The van der Waals surface area contributed by atoms with E-state index in [4.69, 9.17) is 0 Å². The minimum absolute atomic E-state index is 0.120. The Morgan fingerprint density at radius 1 is 1.04 bits per heavy atom. The van der Waals surface area contributed by atoms with Gasteiger partial charge in [-0.2, -0.15) is 0 Å². The number of aromatic nitrogens is 1. The van der Waals surface area contributed by atoms with Gasteiger partial charge < -0.3 is 9.47 Å². The first-order valence-corrected chi connectivity index (χ1v) is 10.00. The van der Waals surface area contributed by atoms with Crippen molar-refractivity contribution in [2.24, 2.45) is 5.92 Å². The third kappa shape index (κ3) is 4.72. The molecule has 3 rings (SSSR count). The summed E-state index contributed by atoms with van der Waals surface area (Å²) in [5.74, 6) is 0.945. The summed E-state index contributed by atoms with van der Waals surface area (Å²) < 4.78 is 1.95. The quantitative estimate of drug-likeness (QED) is 0.736. The van der Waals surface area contributed by atoms with E-state index in [1.807, 2.05) is 10.6 Å². The number of nitrogens with zero attached hydrogens (tertiary/aromatic N) is 2. The van der Waals surface area contributed by atoms with E-state index in [0.29, 0.717) is 0 Å². The molecule has 0 amide bonds. The summed E-state index contributed by atoms with van der Waals surface area (Å²) >= 11 is 0. The minimum Gasteiger partial charge on any atom is -0.308 e. The fraction of sp³-hybridized carbons (Fsp3) is 0.591. The van der Waals surface area contributed by atoms with Gasteiger partial charge >= 0.3 is 0 Å². The highest BCUT2D eigenvalue weighted by atomic mass is 16.1. The summed E-state index contributed by atoms with van der Waals surface area (Å²) in [5, 5.41) is 1.16. The van der Waals surface area contributed by atoms with Crippen LogP contribution in [-0.4, -0.2) is 29.1 Å². The molecule has 0 saturated carbocycles. The minimum atomic E-state index is 0.120. The Labute approximate surface area is 151 Å². The molecule has 3 nitrogen and oxygen atoms in total. The zero-order valence-electron chi connectivity index (χ0n) is 15.8. The van der Waals surface area contributed by atoms with Crippen molar-refractivity contribution in [1.82, 2.24) is 9.47 Å². The topological polar surface area (TPSA) is 25.2 Å². The van der Waals surface area contributed by atoms with Gasteiger partial charge in [0.2, 0.25) is 0 Å². The highest BCUT2D eigenvalue weighted by molar-refractivity contribution is 5.79. The Kier molecular flexibility index (Phi) is 6.30. The zero-order chi connectivity index (χ0) is 17.6. The van der Waals surface area contributed by atoms with E-state index < -0.39 is 0 Å². The van der Waals surface area contributed by atoms with Gasteiger partial charge in [-0.1, -0.05) is 37.8 Å². The zero-order valence-corrected chi connectivity index (χ0v) is 15.8.